The van der Waals surface area contributed by atoms with E-state index in [2.05, 4.69) is 5.32 Å². The van der Waals surface area contributed by atoms with Crippen LogP contribution in [0.25, 0.3) is 0 Å². The summed E-state index contributed by atoms with van der Waals surface area (Å²) in [5, 5.41) is 2.80. The average Bonchev–Trinajstić information content (AvgIpc) is 3.23. The summed E-state index contributed by atoms with van der Waals surface area (Å²) in [6.07, 6.45) is 1.24. The maximum absolute atomic E-state index is 11.9. The van der Waals surface area contributed by atoms with Gasteiger partial charge in [-0.25, -0.2) is 4.79 Å². The molecule has 1 saturated carbocycles. The molecule has 20 heavy (non-hydrogen) atoms. The highest BCUT2D eigenvalue weighted by Crippen LogP contribution is 2.19. The summed E-state index contributed by atoms with van der Waals surface area (Å²) >= 11 is 0. The number of nitrogens with one attached hydrogen (secondary N) is 1. The van der Waals surface area contributed by atoms with Crippen molar-refractivity contribution in [3.8, 4) is 0 Å². The van der Waals surface area contributed by atoms with Gasteiger partial charge in [0.15, 0.2) is 6.10 Å². The quantitative estimate of drug-likeness (QED) is 0.803. The van der Waals surface area contributed by atoms with Crippen molar-refractivity contribution >= 4 is 11.9 Å². The molecule has 1 amide bonds. The fraction of sp³-hybridized carbons (Fsp3) is 0.467. The molecule has 5 heteroatoms. The van der Waals surface area contributed by atoms with Crippen LogP contribution in [0.5, 0.6) is 0 Å². The molecule has 5 nitrogen and oxygen atoms in total. The molecule has 0 saturated heterocycles. The summed E-state index contributed by atoms with van der Waals surface area (Å²) in [7, 11) is 1.61. The number of rotatable bonds is 6. The van der Waals surface area contributed by atoms with Crippen LogP contribution >= 0.6 is 0 Å². The molecular weight excluding hydrogens is 258 g/mol. The van der Waals surface area contributed by atoms with E-state index >= 15 is 0 Å². The Morgan fingerprint density at radius 3 is 2.50 bits per heavy atom. The molecule has 2 rings (SSSR count). The third kappa shape index (κ3) is 4.06. The Labute approximate surface area is 118 Å². The van der Waals surface area contributed by atoms with E-state index in [1.807, 2.05) is 0 Å². The van der Waals surface area contributed by atoms with Gasteiger partial charge in [-0.2, -0.15) is 0 Å². The molecule has 0 aliphatic heterocycles. The van der Waals surface area contributed by atoms with Crippen LogP contribution in [0.2, 0.25) is 0 Å². The molecule has 0 radical (unpaired) electrons. The predicted octanol–water partition coefficient (Wildman–Crippen LogP) is 1.66. The summed E-state index contributed by atoms with van der Waals surface area (Å²) in [6, 6.07) is 7.20. The van der Waals surface area contributed by atoms with Gasteiger partial charge in [-0.15, -0.1) is 0 Å². The van der Waals surface area contributed by atoms with Crippen LogP contribution in [0.3, 0.4) is 0 Å². The van der Waals surface area contributed by atoms with Gasteiger partial charge < -0.3 is 14.8 Å². The van der Waals surface area contributed by atoms with Gasteiger partial charge in [0.2, 0.25) is 0 Å². The molecule has 1 atom stereocenters. The second-order valence-corrected chi connectivity index (χ2v) is 4.96. The van der Waals surface area contributed by atoms with Crippen LogP contribution in [0.4, 0.5) is 0 Å². The Bertz CT molecular complexity index is 479. The topological polar surface area (TPSA) is 64.6 Å². The molecule has 0 unspecified atom stereocenters. The van der Waals surface area contributed by atoms with Crippen molar-refractivity contribution in [1.82, 2.24) is 5.32 Å². The lowest BCUT2D eigenvalue weighted by Gasteiger charge is -2.13. The molecule has 1 aromatic rings. The third-order valence-corrected chi connectivity index (χ3v) is 3.08. The molecule has 1 N–H and O–H groups in total. The highest BCUT2D eigenvalue weighted by molar-refractivity contribution is 5.92. The first kappa shape index (κ1) is 14.5. The van der Waals surface area contributed by atoms with Crippen molar-refractivity contribution in [2.24, 2.45) is 0 Å². The molecule has 1 fully saturated rings. The van der Waals surface area contributed by atoms with Crippen molar-refractivity contribution in [3.63, 3.8) is 0 Å². The smallest absolute Gasteiger partial charge is 0.338 e. The standard InChI is InChI=1S/C15H19NO4/c1-10(14(17)16-13-7-8-13)20-15(18)12-5-3-11(4-6-12)9-19-2/h3-6,10,13H,7-9H2,1-2H3,(H,16,17)/t10-/m0/s1. The molecule has 0 bridgehead atoms. The normalized spacial score (nSPS) is 15.5. The van der Waals surface area contributed by atoms with Crippen molar-refractivity contribution < 1.29 is 19.1 Å². The minimum atomic E-state index is -0.776. The molecule has 1 aromatic carbocycles. The Kier molecular flexibility index (Phi) is 4.74. The van der Waals surface area contributed by atoms with Gasteiger partial charge in [-0.3, -0.25) is 4.79 Å². The van der Waals surface area contributed by atoms with Crippen molar-refractivity contribution in [1.29, 1.82) is 0 Å². The molecule has 0 aromatic heterocycles. The van der Waals surface area contributed by atoms with Crippen LogP contribution in [-0.2, 0) is 20.9 Å². The number of benzene rings is 1. The highest BCUT2D eigenvalue weighted by atomic mass is 16.5. The van der Waals surface area contributed by atoms with Gasteiger partial charge >= 0.3 is 5.97 Å². The summed E-state index contributed by atoms with van der Waals surface area (Å²) < 4.78 is 10.1. The zero-order chi connectivity index (χ0) is 14.5. The predicted molar refractivity (Wildman–Crippen MR) is 73.2 cm³/mol. The van der Waals surface area contributed by atoms with Crippen LogP contribution in [0.15, 0.2) is 24.3 Å². The number of esters is 1. The van der Waals surface area contributed by atoms with E-state index in [-0.39, 0.29) is 11.9 Å². The van der Waals surface area contributed by atoms with E-state index < -0.39 is 12.1 Å². The summed E-state index contributed by atoms with van der Waals surface area (Å²) in [5.74, 6) is -0.732. The first-order valence-electron chi connectivity index (χ1n) is 6.69. The SMILES string of the molecule is COCc1ccc(C(=O)O[C@@H](C)C(=O)NC2CC2)cc1. The fourth-order valence-corrected chi connectivity index (χ4v) is 1.73. The van der Waals surface area contributed by atoms with Gasteiger partial charge in [-0.05, 0) is 37.5 Å². The fourth-order valence-electron chi connectivity index (χ4n) is 1.73. The molecule has 1 aliphatic carbocycles. The van der Waals surface area contributed by atoms with Gasteiger partial charge in [-0.1, -0.05) is 12.1 Å². The van der Waals surface area contributed by atoms with Crippen molar-refractivity contribution in [3.05, 3.63) is 35.4 Å². The molecule has 0 heterocycles. The minimum Gasteiger partial charge on any atom is -0.449 e. The molecular formula is C15H19NO4. The van der Waals surface area contributed by atoms with E-state index in [0.717, 1.165) is 18.4 Å². The van der Waals surface area contributed by atoms with Gasteiger partial charge in [0.05, 0.1) is 12.2 Å². The largest absolute Gasteiger partial charge is 0.449 e. The first-order valence-corrected chi connectivity index (χ1v) is 6.69. The lowest BCUT2D eigenvalue weighted by atomic mass is 10.1. The number of carbonyl (C=O) groups excluding carboxylic acids is 2. The number of methoxy groups -OCH3 is 1. The van der Waals surface area contributed by atoms with E-state index in [0.29, 0.717) is 12.2 Å². The van der Waals surface area contributed by atoms with E-state index in [4.69, 9.17) is 9.47 Å². The summed E-state index contributed by atoms with van der Waals surface area (Å²) in [6.45, 7) is 2.07. The van der Waals surface area contributed by atoms with E-state index in [1.165, 1.54) is 0 Å². The summed E-state index contributed by atoms with van der Waals surface area (Å²) in [4.78, 5) is 23.6. The third-order valence-electron chi connectivity index (χ3n) is 3.08. The van der Waals surface area contributed by atoms with Crippen LogP contribution in [-0.4, -0.2) is 31.1 Å². The zero-order valence-electron chi connectivity index (χ0n) is 11.7. The van der Waals surface area contributed by atoms with E-state index in [1.54, 1.807) is 38.3 Å². The second kappa shape index (κ2) is 6.52. The molecule has 108 valence electrons. The lowest BCUT2D eigenvalue weighted by Crippen LogP contribution is -2.37. The average molecular weight is 277 g/mol. The maximum atomic E-state index is 11.9. The number of hydrogen-bond acceptors (Lipinski definition) is 4. The first-order chi connectivity index (χ1) is 9.60. The Balaban J connectivity index is 1.87. The van der Waals surface area contributed by atoms with Crippen LogP contribution in [0, 0.1) is 0 Å². The van der Waals surface area contributed by atoms with Gasteiger partial charge in [0.1, 0.15) is 0 Å². The number of ether oxygens (including phenoxy) is 2. The maximum Gasteiger partial charge on any atom is 0.338 e. The number of hydrogen-bond donors (Lipinski definition) is 1. The summed E-state index contributed by atoms with van der Waals surface area (Å²) in [5.41, 5.74) is 1.40. The second-order valence-electron chi connectivity index (χ2n) is 4.96. The van der Waals surface area contributed by atoms with Crippen LogP contribution in [0.1, 0.15) is 35.7 Å². The van der Waals surface area contributed by atoms with E-state index in [9.17, 15) is 9.59 Å². The Morgan fingerprint density at radius 1 is 1.30 bits per heavy atom. The van der Waals surface area contributed by atoms with Crippen molar-refractivity contribution in [2.45, 2.75) is 38.5 Å². The Morgan fingerprint density at radius 2 is 1.95 bits per heavy atom. The van der Waals surface area contributed by atoms with Crippen molar-refractivity contribution in [2.75, 3.05) is 7.11 Å². The minimum absolute atomic E-state index is 0.239. The molecule has 1 aliphatic rings. The monoisotopic (exact) mass is 277 g/mol. The van der Waals surface area contributed by atoms with Gasteiger partial charge in [0.25, 0.3) is 5.91 Å². The van der Waals surface area contributed by atoms with Crippen LogP contribution < -0.4 is 5.32 Å². The molecule has 0 spiro atoms. The number of carbonyl (C=O) groups is 2. The number of amides is 1. The lowest BCUT2D eigenvalue weighted by molar-refractivity contribution is -0.129. The Hall–Kier alpha value is -1.88. The highest BCUT2D eigenvalue weighted by Gasteiger charge is 2.27. The zero-order valence-corrected chi connectivity index (χ0v) is 11.7. The van der Waals surface area contributed by atoms with Gasteiger partial charge in [0, 0.05) is 13.2 Å².